The maximum atomic E-state index is 3.65. The van der Waals surface area contributed by atoms with Gasteiger partial charge in [0.1, 0.15) is 0 Å². The summed E-state index contributed by atoms with van der Waals surface area (Å²) >= 11 is 0. The summed E-state index contributed by atoms with van der Waals surface area (Å²) < 4.78 is 4.70. The molecule has 0 unspecified atom stereocenters. The van der Waals surface area contributed by atoms with E-state index in [1.165, 1.54) is 66.1 Å². The van der Waals surface area contributed by atoms with E-state index in [1.54, 1.807) is 0 Å². The Balaban J connectivity index is 1.06. The maximum absolute atomic E-state index is 3.65. The largest absolute Gasteiger partial charge is 0.356 e. The quantitative estimate of drug-likeness (QED) is 0.217. The van der Waals surface area contributed by atoms with Crippen molar-refractivity contribution in [3.8, 4) is 22.5 Å². The SMILES string of the molecule is c1ccc(-n2c3ccccc3c3cc(Nc4ccc(-c5ccc6c(c5)c5ccccc5n6-c5ccccc5)cc4)ccc32)cc1. The van der Waals surface area contributed by atoms with Gasteiger partial charge in [0.25, 0.3) is 0 Å². The Morgan fingerprint density at radius 1 is 0.311 bits per heavy atom. The number of anilines is 2. The number of nitrogens with zero attached hydrogens (tertiary/aromatic N) is 2. The highest BCUT2D eigenvalue weighted by Crippen LogP contribution is 2.36. The van der Waals surface area contributed by atoms with Crippen molar-refractivity contribution in [2.45, 2.75) is 0 Å². The van der Waals surface area contributed by atoms with Gasteiger partial charge in [-0.3, -0.25) is 0 Å². The van der Waals surface area contributed by atoms with Crippen LogP contribution in [0, 0.1) is 0 Å². The van der Waals surface area contributed by atoms with E-state index in [-0.39, 0.29) is 0 Å². The lowest BCUT2D eigenvalue weighted by molar-refractivity contribution is 1.18. The molecule has 9 aromatic rings. The second-order valence-corrected chi connectivity index (χ2v) is 11.5. The predicted molar refractivity (Wildman–Crippen MR) is 190 cm³/mol. The molecule has 0 saturated carbocycles. The fraction of sp³-hybridized carbons (Fsp3) is 0. The average molecular weight is 576 g/mol. The molecule has 212 valence electrons. The van der Waals surface area contributed by atoms with Crippen LogP contribution in [-0.2, 0) is 0 Å². The van der Waals surface area contributed by atoms with Crippen LogP contribution in [-0.4, -0.2) is 9.13 Å². The summed E-state index contributed by atoms with van der Waals surface area (Å²) in [4.78, 5) is 0. The zero-order valence-corrected chi connectivity index (χ0v) is 24.6. The Hall–Kier alpha value is -6.06. The molecule has 0 saturated heterocycles. The van der Waals surface area contributed by atoms with Crippen LogP contribution in [0.2, 0.25) is 0 Å². The van der Waals surface area contributed by atoms with Gasteiger partial charge in [0, 0.05) is 44.3 Å². The van der Waals surface area contributed by atoms with Gasteiger partial charge < -0.3 is 14.5 Å². The normalized spacial score (nSPS) is 11.6. The number of nitrogens with one attached hydrogen (secondary N) is 1. The first-order valence-corrected chi connectivity index (χ1v) is 15.4. The highest BCUT2D eigenvalue weighted by atomic mass is 15.0. The molecule has 1 N–H and O–H groups in total. The lowest BCUT2D eigenvalue weighted by Crippen LogP contribution is -1.94. The van der Waals surface area contributed by atoms with Crippen molar-refractivity contribution < 1.29 is 0 Å². The maximum Gasteiger partial charge on any atom is 0.0542 e. The number of benzene rings is 7. The molecule has 0 bridgehead atoms. The van der Waals surface area contributed by atoms with Gasteiger partial charge >= 0.3 is 0 Å². The summed E-state index contributed by atoms with van der Waals surface area (Å²) in [5, 5.41) is 8.66. The van der Waals surface area contributed by atoms with Gasteiger partial charge in [0.2, 0.25) is 0 Å². The van der Waals surface area contributed by atoms with Gasteiger partial charge in [0.15, 0.2) is 0 Å². The molecule has 0 spiro atoms. The Kier molecular flexibility index (Phi) is 5.82. The number of rotatable bonds is 5. The summed E-state index contributed by atoms with van der Waals surface area (Å²) in [6.45, 7) is 0. The van der Waals surface area contributed by atoms with Gasteiger partial charge in [-0.05, 0) is 90.0 Å². The van der Waals surface area contributed by atoms with Crippen LogP contribution < -0.4 is 5.32 Å². The summed E-state index contributed by atoms with van der Waals surface area (Å²) in [6.07, 6.45) is 0. The predicted octanol–water partition coefficient (Wildman–Crippen LogP) is 11.3. The van der Waals surface area contributed by atoms with Gasteiger partial charge in [0.05, 0.1) is 22.1 Å². The third-order valence-electron chi connectivity index (χ3n) is 8.88. The minimum Gasteiger partial charge on any atom is -0.356 e. The summed E-state index contributed by atoms with van der Waals surface area (Å²) in [6, 6.07) is 60.7. The number of hydrogen-bond acceptors (Lipinski definition) is 1. The van der Waals surface area contributed by atoms with Crippen molar-refractivity contribution in [2.24, 2.45) is 0 Å². The molecule has 0 amide bonds. The molecule has 0 aliphatic heterocycles. The van der Waals surface area contributed by atoms with Crippen molar-refractivity contribution in [3.05, 3.63) is 170 Å². The van der Waals surface area contributed by atoms with Crippen molar-refractivity contribution in [1.82, 2.24) is 9.13 Å². The highest BCUT2D eigenvalue weighted by Gasteiger charge is 2.14. The van der Waals surface area contributed by atoms with Crippen LogP contribution in [0.25, 0.3) is 66.1 Å². The van der Waals surface area contributed by atoms with Crippen LogP contribution >= 0.6 is 0 Å². The van der Waals surface area contributed by atoms with Crippen molar-refractivity contribution in [1.29, 1.82) is 0 Å². The summed E-state index contributed by atoms with van der Waals surface area (Å²) in [5.41, 5.74) is 11.7. The molecule has 0 radical (unpaired) electrons. The van der Waals surface area contributed by atoms with E-state index in [9.17, 15) is 0 Å². The third kappa shape index (κ3) is 4.21. The molecule has 7 aromatic carbocycles. The first-order valence-electron chi connectivity index (χ1n) is 15.4. The fourth-order valence-electron chi connectivity index (χ4n) is 6.83. The number of hydrogen-bond donors (Lipinski definition) is 1. The smallest absolute Gasteiger partial charge is 0.0542 e. The zero-order valence-electron chi connectivity index (χ0n) is 24.6. The molecular formula is C42H29N3. The molecule has 0 aliphatic carbocycles. The minimum absolute atomic E-state index is 1.06. The first kappa shape index (κ1) is 25.4. The molecule has 0 fully saturated rings. The topological polar surface area (TPSA) is 21.9 Å². The van der Waals surface area contributed by atoms with E-state index in [2.05, 4.69) is 184 Å². The second kappa shape index (κ2) is 10.3. The van der Waals surface area contributed by atoms with Gasteiger partial charge in [-0.2, -0.15) is 0 Å². The molecule has 45 heavy (non-hydrogen) atoms. The van der Waals surface area contributed by atoms with Crippen LogP contribution in [0.4, 0.5) is 11.4 Å². The van der Waals surface area contributed by atoms with Crippen molar-refractivity contribution in [3.63, 3.8) is 0 Å². The molecule has 2 aromatic heterocycles. The standard InChI is InChI=1S/C42H29N3/c1-3-11-33(12-4-1)44-39-17-9-7-15-35(39)37-27-30(21-25-41(37)44)29-19-22-31(23-20-29)43-32-24-26-42-38(28-32)36-16-8-10-18-40(36)45(42)34-13-5-2-6-14-34/h1-28,43H. The second-order valence-electron chi connectivity index (χ2n) is 11.5. The lowest BCUT2D eigenvalue weighted by atomic mass is 10.0. The third-order valence-corrected chi connectivity index (χ3v) is 8.88. The van der Waals surface area contributed by atoms with E-state index >= 15 is 0 Å². The number of para-hydroxylation sites is 4. The van der Waals surface area contributed by atoms with E-state index in [0.717, 1.165) is 11.4 Å². The highest BCUT2D eigenvalue weighted by molar-refractivity contribution is 6.11. The van der Waals surface area contributed by atoms with Crippen LogP contribution in [0.1, 0.15) is 0 Å². The molecular weight excluding hydrogens is 546 g/mol. The van der Waals surface area contributed by atoms with E-state index in [1.807, 2.05) is 0 Å². The van der Waals surface area contributed by atoms with E-state index in [4.69, 9.17) is 0 Å². The fourth-order valence-corrected chi connectivity index (χ4v) is 6.83. The Morgan fingerprint density at radius 3 is 1.36 bits per heavy atom. The van der Waals surface area contributed by atoms with Gasteiger partial charge in [-0.15, -0.1) is 0 Å². The van der Waals surface area contributed by atoms with Crippen molar-refractivity contribution >= 4 is 55.0 Å². The first-order chi connectivity index (χ1) is 22.3. The molecule has 9 rings (SSSR count). The molecule has 0 aliphatic rings. The van der Waals surface area contributed by atoms with Crippen LogP contribution in [0.15, 0.2) is 170 Å². The minimum atomic E-state index is 1.06. The van der Waals surface area contributed by atoms with E-state index in [0.29, 0.717) is 0 Å². The Morgan fingerprint density at radius 2 is 0.756 bits per heavy atom. The van der Waals surface area contributed by atoms with Crippen LogP contribution in [0.5, 0.6) is 0 Å². The van der Waals surface area contributed by atoms with E-state index < -0.39 is 0 Å². The van der Waals surface area contributed by atoms with Crippen molar-refractivity contribution in [2.75, 3.05) is 5.32 Å². The molecule has 3 nitrogen and oxygen atoms in total. The summed E-state index contributed by atoms with van der Waals surface area (Å²) in [5.74, 6) is 0. The monoisotopic (exact) mass is 575 g/mol. The number of aromatic nitrogens is 2. The Labute approximate surface area is 261 Å². The lowest BCUT2D eigenvalue weighted by Gasteiger charge is -2.10. The number of fused-ring (bicyclic) bond motifs is 6. The van der Waals surface area contributed by atoms with Crippen LogP contribution in [0.3, 0.4) is 0 Å². The Bertz CT molecular complexity index is 2490. The average Bonchev–Trinajstić information content (AvgIpc) is 3.62. The van der Waals surface area contributed by atoms with Gasteiger partial charge in [-0.25, -0.2) is 0 Å². The summed E-state index contributed by atoms with van der Waals surface area (Å²) in [7, 11) is 0. The molecule has 3 heteroatoms. The molecule has 2 heterocycles. The zero-order chi connectivity index (χ0) is 29.7. The molecule has 0 atom stereocenters. The van der Waals surface area contributed by atoms with Gasteiger partial charge in [-0.1, -0.05) is 91.0 Å².